The Labute approximate surface area is 177 Å². The van der Waals surface area contributed by atoms with Crippen LogP contribution in [0.25, 0.3) is 0 Å². The second-order valence-electron chi connectivity index (χ2n) is 7.80. The van der Waals surface area contributed by atoms with Crippen LogP contribution in [-0.2, 0) is 19.6 Å². The number of halogens is 1. The molecule has 0 radical (unpaired) electrons. The molecule has 2 N–H and O–H groups in total. The van der Waals surface area contributed by atoms with Gasteiger partial charge in [0.2, 0.25) is 15.9 Å². The van der Waals surface area contributed by atoms with E-state index >= 15 is 0 Å². The lowest BCUT2D eigenvalue weighted by Gasteiger charge is -2.29. The number of benzene rings is 1. The zero-order valence-corrected chi connectivity index (χ0v) is 18.5. The van der Waals surface area contributed by atoms with E-state index in [9.17, 15) is 18.0 Å². The molecule has 2 rings (SSSR count). The van der Waals surface area contributed by atoms with Crippen LogP contribution >= 0.6 is 11.6 Å². The summed E-state index contributed by atoms with van der Waals surface area (Å²) in [7, 11) is -3.98. The van der Waals surface area contributed by atoms with Crippen LogP contribution in [0, 0.1) is 0 Å². The summed E-state index contributed by atoms with van der Waals surface area (Å²) in [6.07, 6.45) is 1.26. The van der Waals surface area contributed by atoms with Crippen molar-refractivity contribution in [2.75, 3.05) is 19.6 Å². The first-order valence-electron chi connectivity index (χ1n) is 9.53. The second kappa shape index (κ2) is 9.77. The molecule has 0 bridgehead atoms. The summed E-state index contributed by atoms with van der Waals surface area (Å²) in [5.41, 5.74) is -0.666. The van der Waals surface area contributed by atoms with Crippen LogP contribution in [0.15, 0.2) is 29.2 Å². The molecule has 162 valence electrons. The third kappa shape index (κ3) is 6.87. The molecule has 1 saturated heterocycles. The van der Waals surface area contributed by atoms with E-state index in [1.54, 1.807) is 20.8 Å². The van der Waals surface area contributed by atoms with Gasteiger partial charge in [-0.05, 0) is 64.3 Å². The van der Waals surface area contributed by atoms with Gasteiger partial charge in [0.1, 0.15) is 11.6 Å². The fourth-order valence-corrected chi connectivity index (χ4v) is 4.71. The fourth-order valence-electron chi connectivity index (χ4n) is 2.97. The molecular formula is C19H28ClN3O5S. The van der Waals surface area contributed by atoms with E-state index in [0.29, 0.717) is 18.0 Å². The Bertz CT molecular complexity index is 821. The minimum absolute atomic E-state index is 0.00547. The Morgan fingerprint density at radius 3 is 2.55 bits per heavy atom. The molecule has 1 fully saturated rings. The maximum absolute atomic E-state index is 13.3. The SMILES string of the molecule is CC(C)(C)OC(=O)NCCN(C1CCCCNC1=O)S(=O)(=O)c1ccc(Cl)cc1. The number of nitrogens with zero attached hydrogens (tertiary/aromatic N) is 1. The number of carbonyl (C=O) groups excluding carboxylic acids is 2. The van der Waals surface area contributed by atoms with Crippen molar-refractivity contribution in [2.24, 2.45) is 0 Å². The van der Waals surface area contributed by atoms with E-state index in [-0.39, 0.29) is 23.9 Å². The molecule has 0 aromatic heterocycles. The predicted molar refractivity (Wildman–Crippen MR) is 110 cm³/mol. The zero-order valence-electron chi connectivity index (χ0n) is 16.9. The van der Waals surface area contributed by atoms with E-state index in [2.05, 4.69) is 10.6 Å². The first kappa shape index (κ1) is 23.4. The Hall–Kier alpha value is -1.84. The summed E-state index contributed by atoms with van der Waals surface area (Å²) in [6, 6.07) is 4.93. The third-order valence-corrected chi connectivity index (χ3v) is 6.45. The first-order valence-corrected chi connectivity index (χ1v) is 11.3. The molecule has 1 atom stereocenters. The molecule has 0 saturated carbocycles. The summed E-state index contributed by atoms with van der Waals surface area (Å²) in [4.78, 5) is 24.5. The first-order chi connectivity index (χ1) is 13.5. The molecule has 1 unspecified atom stereocenters. The zero-order chi connectivity index (χ0) is 21.7. The number of amides is 2. The summed E-state index contributed by atoms with van der Waals surface area (Å²) in [5, 5.41) is 5.72. The molecule has 8 nitrogen and oxygen atoms in total. The van der Waals surface area contributed by atoms with Gasteiger partial charge in [0.05, 0.1) is 4.90 Å². The second-order valence-corrected chi connectivity index (χ2v) is 10.1. The third-order valence-electron chi connectivity index (χ3n) is 4.27. The average Bonchev–Trinajstić information content (AvgIpc) is 2.82. The molecule has 0 aliphatic carbocycles. The van der Waals surface area contributed by atoms with Gasteiger partial charge in [0.15, 0.2) is 0 Å². The van der Waals surface area contributed by atoms with Gasteiger partial charge in [0, 0.05) is 24.7 Å². The van der Waals surface area contributed by atoms with Gasteiger partial charge in [-0.25, -0.2) is 13.2 Å². The highest BCUT2D eigenvalue weighted by molar-refractivity contribution is 7.89. The van der Waals surface area contributed by atoms with Crippen molar-refractivity contribution in [3.63, 3.8) is 0 Å². The van der Waals surface area contributed by atoms with E-state index in [0.717, 1.165) is 17.1 Å². The molecule has 1 aliphatic rings. The summed E-state index contributed by atoms with van der Waals surface area (Å²) in [5.74, 6) is -0.336. The maximum Gasteiger partial charge on any atom is 0.407 e. The normalized spacial score (nSPS) is 18.1. The monoisotopic (exact) mass is 445 g/mol. The lowest BCUT2D eigenvalue weighted by Crippen LogP contribution is -2.51. The molecular weight excluding hydrogens is 418 g/mol. The van der Waals surface area contributed by atoms with Crippen LogP contribution in [0.1, 0.15) is 40.0 Å². The van der Waals surface area contributed by atoms with Crippen LogP contribution in [-0.4, -0.2) is 56.0 Å². The number of carbonyl (C=O) groups is 2. The average molecular weight is 446 g/mol. The number of hydrogen-bond acceptors (Lipinski definition) is 5. The molecule has 1 aromatic rings. The van der Waals surface area contributed by atoms with Crippen LogP contribution < -0.4 is 10.6 Å². The minimum atomic E-state index is -3.98. The Morgan fingerprint density at radius 2 is 1.93 bits per heavy atom. The van der Waals surface area contributed by atoms with Crippen molar-refractivity contribution in [3.05, 3.63) is 29.3 Å². The summed E-state index contributed by atoms with van der Waals surface area (Å²) < 4.78 is 32.9. The molecule has 29 heavy (non-hydrogen) atoms. The van der Waals surface area contributed by atoms with Crippen molar-refractivity contribution < 1.29 is 22.7 Å². The quantitative estimate of drug-likeness (QED) is 0.700. The number of rotatable bonds is 6. The molecule has 2 amide bonds. The Kier molecular flexibility index (Phi) is 7.90. The van der Waals surface area contributed by atoms with Gasteiger partial charge in [-0.15, -0.1) is 0 Å². The van der Waals surface area contributed by atoms with Crippen LogP contribution in [0.2, 0.25) is 5.02 Å². The maximum atomic E-state index is 13.3. The molecule has 0 spiro atoms. The van der Waals surface area contributed by atoms with Crippen molar-refractivity contribution in [2.45, 2.75) is 56.6 Å². The summed E-state index contributed by atoms with van der Waals surface area (Å²) in [6.45, 7) is 5.66. The molecule has 1 aliphatic heterocycles. The van der Waals surface area contributed by atoms with E-state index in [1.165, 1.54) is 24.3 Å². The number of alkyl carbamates (subject to hydrolysis) is 1. The van der Waals surface area contributed by atoms with Gasteiger partial charge in [-0.1, -0.05) is 11.6 Å². The highest BCUT2D eigenvalue weighted by Gasteiger charge is 2.36. The topological polar surface area (TPSA) is 105 Å². The van der Waals surface area contributed by atoms with Gasteiger partial charge < -0.3 is 15.4 Å². The summed E-state index contributed by atoms with van der Waals surface area (Å²) >= 11 is 5.87. The lowest BCUT2D eigenvalue weighted by atomic mass is 10.1. The van der Waals surface area contributed by atoms with E-state index < -0.39 is 27.8 Å². The van der Waals surface area contributed by atoms with Crippen LogP contribution in [0.4, 0.5) is 4.79 Å². The number of sulfonamides is 1. The highest BCUT2D eigenvalue weighted by atomic mass is 35.5. The van der Waals surface area contributed by atoms with Crippen LogP contribution in [0.5, 0.6) is 0 Å². The Balaban J connectivity index is 2.22. The van der Waals surface area contributed by atoms with Gasteiger partial charge >= 0.3 is 6.09 Å². The molecule has 1 heterocycles. The van der Waals surface area contributed by atoms with E-state index in [4.69, 9.17) is 16.3 Å². The number of nitrogens with one attached hydrogen (secondary N) is 2. The molecule has 1 aromatic carbocycles. The van der Waals surface area contributed by atoms with Crippen molar-refractivity contribution >= 4 is 33.6 Å². The Morgan fingerprint density at radius 1 is 1.28 bits per heavy atom. The highest BCUT2D eigenvalue weighted by Crippen LogP contribution is 2.23. The number of ether oxygens (including phenoxy) is 1. The predicted octanol–water partition coefficient (Wildman–Crippen LogP) is 2.52. The van der Waals surface area contributed by atoms with Crippen molar-refractivity contribution in [3.8, 4) is 0 Å². The van der Waals surface area contributed by atoms with Gasteiger partial charge in [-0.2, -0.15) is 4.31 Å². The van der Waals surface area contributed by atoms with E-state index in [1.807, 2.05) is 0 Å². The molecule has 10 heteroatoms. The standard InChI is InChI=1S/C19H28ClN3O5S/c1-19(2,3)28-18(25)22-12-13-23(16-6-4-5-11-21-17(16)24)29(26,27)15-9-7-14(20)8-10-15/h7-10,16H,4-6,11-13H2,1-3H3,(H,21,24)(H,22,25). The van der Waals surface area contributed by atoms with Crippen LogP contribution in [0.3, 0.4) is 0 Å². The smallest absolute Gasteiger partial charge is 0.407 e. The van der Waals surface area contributed by atoms with Gasteiger partial charge in [-0.3, -0.25) is 4.79 Å². The number of hydrogen-bond donors (Lipinski definition) is 2. The fraction of sp³-hybridized carbons (Fsp3) is 0.579. The van der Waals surface area contributed by atoms with Crippen molar-refractivity contribution in [1.29, 1.82) is 0 Å². The van der Waals surface area contributed by atoms with Crippen molar-refractivity contribution in [1.82, 2.24) is 14.9 Å². The minimum Gasteiger partial charge on any atom is -0.444 e. The van der Waals surface area contributed by atoms with Gasteiger partial charge in [0.25, 0.3) is 0 Å². The largest absolute Gasteiger partial charge is 0.444 e. The lowest BCUT2D eigenvalue weighted by molar-refractivity contribution is -0.124.